The van der Waals surface area contributed by atoms with E-state index in [0.717, 1.165) is 17.7 Å². The van der Waals surface area contributed by atoms with E-state index >= 15 is 0 Å². The first-order chi connectivity index (χ1) is 15.5. The first kappa shape index (κ1) is 21.7. The van der Waals surface area contributed by atoms with Crippen LogP contribution in [0.2, 0.25) is 0 Å². The minimum Gasteiger partial charge on any atom is -0.352 e. The molecule has 7 nitrogen and oxygen atoms in total. The Morgan fingerprint density at radius 1 is 1.09 bits per heavy atom. The van der Waals surface area contributed by atoms with Crippen LogP contribution >= 0.6 is 0 Å². The number of hydrogen-bond donors (Lipinski definition) is 1. The smallest absolute Gasteiger partial charge is 0.254 e. The number of carbonyl (C=O) groups excluding carboxylic acids is 2. The van der Waals surface area contributed by atoms with Crippen LogP contribution in [0.1, 0.15) is 58.2 Å². The van der Waals surface area contributed by atoms with Crippen molar-refractivity contribution in [1.29, 1.82) is 0 Å². The zero-order valence-corrected chi connectivity index (χ0v) is 18.6. The van der Waals surface area contributed by atoms with Crippen LogP contribution in [0.4, 0.5) is 0 Å². The zero-order chi connectivity index (χ0) is 22.5. The maximum atomic E-state index is 13.4. The first-order valence-corrected chi connectivity index (χ1v) is 11.1. The van der Waals surface area contributed by atoms with Crippen LogP contribution in [0.15, 0.2) is 61.1 Å². The molecule has 4 rings (SSSR count). The van der Waals surface area contributed by atoms with Crippen molar-refractivity contribution >= 4 is 11.8 Å². The predicted octanol–water partition coefficient (Wildman–Crippen LogP) is 3.34. The van der Waals surface area contributed by atoms with Gasteiger partial charge in [-0.15, -0.1) is 0 Å². The number of benzene rings is 1. The molecule has 0 saturated carbocycles. The quantitative estimate of drug-likeness (QED) is 0.622. The average Bonchev–Trinajstić information content (AvgIpc) is 3.50. The van der Waals surface area contributed by atoms with Gasteiger partial charge in [0.25, 0.3) is 11.8 Å². The molecule has 1 N–H and O–H groups in total. The van der Waals surface area contributed by atoms with Gasteiger partial charge in [0.1, 0.15) is 0 Å². The van der Waals surface area contributed by atoms with E-state index in [4.69, 9.17) is 0 Å². The van der Waals surface area contributed by atoms with Crippen LogP contribution in [-0.4, -0.2) is 51.1 Å². The van der Waals surface area contributed by atoms with Gasteiger partial charge in [0.15, 0.2) is 0 Å². The van der Waals surface area contributed by atoms with Crippen molar-refractivity contribution in [2.45, 2.75) is 32.7 Å². The highest BCUT2D eigenvalue weighted by Crippen LogP contribution is 2.29. The van der Waals surface area contributed by atoms with Crippen molar-refractivity contribution in [2.24, 2.45) is 5.92 Å². The molecule has 1 aliphatic heterocycles. The van der Waals surface area contributed by atoms with Crippen molar-refractivity contribution in [3.05, 3.63) is 83.4 Å². The second-order valence-corrected chi connectivity index (χ2v) is 8.64. The Morgan fingerprint density at radius 2 is 1.91 bits per heavy atom. The average molecular weight is 432 g/mol. The molecule has 1 aromatic carbocycles. The van der Waals surface area contributed by atoms with Gasteiger partial charge in [-0.3, -0.25) is 19.3 Å². The number of likely N-dealkylation sites (tertiary alicyclic amines) is 1. The summed E-state index contributed by atoms with van der Waals surface area (Å²) in [6, 6.07) is 13.2. The third-order valence-corrected chi connectivity index (χ3v) is 5.76. The summed E-state index contributed by atoms with van der Waals surface area (Å²) in [5, 5.41) is 7.24. The normalized spacial score (nSPS) is 15.8. The van der Waals surface area contributed by atoms with E-state index in [1.54, 1.807) is 18.5 Å². The van der Waals surface area contributed by atoms with E-state index in [1.807, 2.05) is 52.2 Å². The zero-order valence-electron chi connectivity index (χ0n) is 18.6. The Kier molecular flexibility index (Phi) is 6.63. The molecule has 2 aromatic heterocycles. The molecule has 0 unspecified atom stereocenters. The van der Waals surface area contributed by atoms with Crippen molar-refractivity contribution in [3.8, 4) is 0 Å². The topological polar surface area (TPSA) is 80.1 Å². The highest BCUT2D eigenvalue weighted by Gasteiger charge is 2.32. The SMILES string of the molecule is CC(C)CNC(=O)c1cccnc1[C@H]1CCN(C(=O)c2ccccc2Cn2cccn2)C1. The van der Waals surface area contributed by atoms with E-state index in [2.05, 4.69) is 29.2 Å². The molecule has 0 aliphatic carbocycles. The van der Waals surface area contributed by atoms with Crippen LogP contribution in [-0.2, 0) is 6.54 Å². The predicted molar refractivity (Wildman–Crippen MR) is 122 cm³/mol. The minimum atomic E-state index is -0.101. The summed E-state index contributed by atoms with van der Waals surface area (Å²) in [7, 11) is 0. The summed E-state index contributed by atoms with van der Waals surface area (Å²) >= 11 is 0. The number of pyridine rings is 1. The van der Waals surface area contributed by atoms with Gasteiger partial charge in [-0.2, -0.15) is 5.10 Å². The highest BCUT2D eigenvalue weighted by atomic mass is 16.2. The van der Waals surface area contributed by atoms with Crippen molar-refractivity contribution in [3.63, 3.8) is 0 Å². The fourth-order valence-electron chi connectivity index (χ4n) is 4.10. The largest absolute Gasteiger partial charge is 0.352 e. The number of nitrogens with one attached hydrogen (secondary N) is 1. The number of amides is 2. The molecule has 3 heterocycles. The summed E-state index contributed by atoms with van der Waals surface area (Å²) in [6.07, 6.45) is 6.13. The lowest BCUT2D eigenvalue weighted by Crippen LogP contribution is -2.31. The second-order valence-electron chi connectivity index (χ2n) is 8.64. The van der Waals surface area contributed by atoms with Gasteiger partial charge in [0, 0.05) is 49.7 Å². The molecule has 32 heavy (non-hydrogen) atoms. The third-order valence-electron chi connectivity index (χ3n) is 5.76. The molecule has 0 radical (unpaired) electrons. The molecule has 2 amide bonds. The number of nitrogens with zero attached hydrogens (tertiary/aromatic N) is 4. The molecule has 1 atom stereocenters. The van der Waals surface area contributed by atoms with Crippen LogP contribution in [0.5, 0.6) is 0 Å². The Morgan fingerprint density at radius 3 is 2.69 bits per heavy atom. The van der Waals surface area contributed by atoms with Crippen LogP contribution in [0.25, 0.3) is 0 Å². The molecule has 0 bridgehead atoms. The molecule has 0 spiro atoms. The Balaban J connectivity index is 1.49. The monoisotopic (exact) mass is 431 g/mol. The van der Waals surface area contributed by atoms with Gasteiger partial charge in [0.05, 0.1) is 17.8 Å². The Hall–Kier alpha value is -3.48. The molecular formula is C25H29N5O2. The number of aromatic nitrogens is 3. The van der Waals surface area contributed by atoms with Gasteiger partial charge >= 0.3 is 0 Å². The van der Waals surface area contributed by atoms with Gasteiger partial charge in [-0.25, -0.2) is 0 Å². The van der Waals surface area contributed by atoms with Crippen LogP contribution < -0.4 is 5.32 Å². The van der Waals surface area contributed by atoms with Gasteiger partial charge in [-0.05, 0) is 42.2 Å². The van der Waals surface area contributed by atoms with Crippen LogP contribution in [0.3, 0.4) is 0 Å². The van der Waals surface area contributed by atoms with E-state index < -0.39 is 0 Å². The maximum absolute atomic E-state index is 13.4. The molecule has 1 fully saturated rings. The van der Waals surface area contributed by atoms with Crippen molar-refractivity contribution < 1.29 is 9.59 Å². The first-order valence-electron chi connectivity index (χ1n) is 11.1. The number of hydrogen-bond acceptors (Lipinski definition) is 4. The van der Waals surface area contributed by atoms with Crippen LogP contribution in [0, 0.1) is 5.92 Å². The Bertz CT molecular complexity index is 1080. The van der Waals surface area contributed by atoms with Gasteiger partial charge in [0.2, 0.25) is 0 Å². The molecule has 3 aromatic rings. The van der Waals surface area contributed by atoms with E-state index in [9.17, 15) is 9.59 Å². The van der Waals surface area contributed by atoms with Crippen molar-refractivity contribution in [1.82, 2.24) is 25.0 Å². The summed E-state index contributed by atoms with van der Waals surface area (Å²) in [4.78, 5) is 32.5. The highest BCUT2D eigenvalue weighted by molar-refractivity contribution is 5.97. The fraction of sp³-hybridized carbons (Fsp3) is 0.360. The van der Waals surface area contributed by atoms with E-state index in [0.29, 0.717) is 43.2 Å². The summed E-state index contributed by atoms with van der Waals surface area (Å²) in [6.45, 7) is 6.49. The lowest BCUT2D eigenvalue weighted by atomic mass is 9.98. The maximum Gasteiger partial charge on any atom is 0.254 e. The molecule has 1 saturated heterocycles. The summed E-state index contributed by atoms with van der Waals surface area (Å²) in [5.74, 6) is 0.326. The number of carbonyl (C=O) groups is 2. The molecule has 1 aliphatic rings. The lowest BCUT2D eigenvalue weighted by Gasteiger charge is -2.19. The number of rotatable bonds is 7. The molecule has 166 valence electrons. The minimum absolute atomic E-state index is 0.0111. The molecule has 7 heteroatoms. The van der Waals surface area contributed by atoms with Gasteiger partial charge < -0.3 is 10.2 Å². The fourth-order valence-corrected chi connectivity index (χ4v) is 4.10. The van der Waals surface area contributed by atoms with Crippen molar-refractivity contribution in [2.75, 3.05) is 19.6 Å². The van der Waals surface area contributed by atoms with Gasteiger partial charge in [-0.1, -0.05) is 32.0 Å². The molecular weight excluding hydrogens is 402 g/mol. The Labute approximate surface area is 188 Å². The standard InChI is InChI=1S/C25H29N5O2/c1-18(2)15-27-24(31)22-9-5-11-26-23(22)20-10-14-29(16-20)25(32)21-8-4-3-7-19(21)17-30-13-6-12-28-30/h3-9,11-13,18,20H,10,14-17H2,1-2H3,(H,27,31)/t20-/m0/s1. The lowest BCUT2D eigenvalue weighted by molar-refractivity contribution is 0.0789. The second kappa shape index (κ2) is 9.77. The summed E-state index contributed by atoms with van der Waals surface area (Å²) in [5.41, 5.74) is 3.01. The summed E-state index contributed by atoms with van der Waals surface area (Å²) < 4.78 is 1.81. The van der Waals surface area contributed by atoms with E-state index in [-0.39, 0.29) is 17.7 Å². The van der Waals surface area contributed by atoms with E-state index in [1.165, 1.54) is 0 Å². The third kappa shape index (κ3) is 4.88.